The van der Waals surface area contributed by atoms with E-state index in [9.17, 15) is 9.90 Å². The van der Waals surface area contributed by atoms with Crippen molar-refractivity contribution >= 4 is 5.91 Å². The zero-order valence-electron chi connectivity index (χ0n) is 12.9. The minimum absolute atomic E-state index is 0.107. The molecule has 0 saturated carbocycles. The van der Waals surface area contributed by atoms with Crippen LogP contribution < -0.4 is 10.1 Å². The number of aromatic nitrogens is 2. The fraction of sp³-hybridized carbons (Fsp3) is 0.111. The molecule has 3 N–H and O–H groups in total. The van der Waals surface area contributed by atoms with Crippen molar-refractivity contribution in [2.75, 3.05) is 7.11 Å². The average molecular weight is 321 g/mol. The van der Waals surface area contributed by atoms with Crippen molar-refractivity contribution < 1.29 is 14.6 Å². The van der Waals surface area contributed by atoms with Crippen LogP contribution in [0, 0.1) is 0 Å². The Bertz CT molecular complexity index is 919. The fourth-order valence-corrected chi connectivity index (χ4v) is 3.07. The normalized spacial score (nSPS) is 15.9. The summed E-state index contributed by atoms with van der Waals surface area (Å²) in [5.74, 6) is 0.406. The lowest BCUT2D eigenvalue weighted by Crippen LogP contribution is -2.21. The van der Waals surface area contributed by atoms with Gasteiger partial charge in [-0.2, -0.15) is 5.10 Å². The summed E-state index contributed by atoms with van der Waals surface area (Å²) in [6, 6.07) is 14.1. The molecule has 0 bridgehead atoms. The molecule has 1 amide bonds. The maximum Gasteiger partial charge on any atom is 0.270 e. The first-order valence-corrected chi connectivity index (χ1v) is 7.50. The van der Waals surface area contributed by atoms with E-state index >= 15 is 0 Å². The first-order chi connectivity index (χ1) is 11.7. The minimum atomic E-state index is -0.392. The summed E-state index contributed by atoms with van der Waals surface area (Å²) >= 11 is 0. The van der Waals surface area contributed by atoms with Crippen LogP contribution in [0.5, 0.6) is 11.5 Å². The van der Waals surface area contributed by atoms with Crippen LogP contribution in [0.25, 0.3) is 11.3 Å². The molecule has 3 aromatic rings. The fourth-order valence-electron chi connectivity index (χ4n) is 3.07. The summed E-state index contributed by atoms with van der Waals surface area (Å²) in [4.78, 5) is 12.3. The van der Waals surface area contributed by atoms with Gasteiger partial charge in [0.1, 0.15) is 17.2 Å². The molecular weight excluding hydrogens is 306 g/mol. The highest BCUT2D eigenvalue weighted by molar-refractivity contribution is 6.00. The summed E-state index contributed by atoms with van der Waals surface area (Å²) in [6.07, 6.45) is 0. The third-order valence-electron chi connectivity index (χ3n) is 4.17. The number of rotatable bonds is 3. The molecule has 120 valence electrons. The number of benzene rings is 2. The highest BCUT2D eigenvalue weighted by Gasteiger charge is 2.36. The maximum atomic E-state index is 12.3. The Balaban J connectivity index is 1.89. The first kappa shape index (κ1) is 14.3. The topological polar surface area (TPSA) is 87.2 Å². The number of aromatic amines is 1. The molecule has 1 aromatic heterocycles. The summed E-state index contributed by atoms with van der Waals surface area (Å²) in [5, 5.41) is 19.8. The van der Waals surface area contributed by atoms with E-state index in [4.69, 9.17) is 4.74 Å². The quantitative estimate of drug-likeness (QED) is 0.692. The zero-order valence-corrected chi connectivity index (χ0v) is 12.9. The predicted molar refractivity (Wildman–Crippen MR) is 88.0 cm³/mol. The number of hydrogen-bond donors (Lipinski definition) is 3. The second-order valence-electron chi connectivity index (χ2n) is 5.56. The van der Waals surface area contributed by atoms with Crippen molar-refractivity contribution in [3.05, 3.63) is 65.4 Å². The number of amides is 1. The lowest BCUT2D eigenvalue weighted by Gasteiger charge is -2.17. The minimum Gasteiger partial charge on any atom is -0.508 e. The van der Waals surface area contributed by atoms with Crippen LogP contribution in [-0.2, 0) is 0 Å². The third kappa shape index (κ3) is 2.11. The van der Waals surface area contributed by atoms with Gasteiger partial charge >= 0.3 is 0 Å². The summed E-state index contributed by atoms with van der Waals surface area (Å²) in [6.45, 7) is 0. The van der Waals surface area contributed by atoms with Gasteiger partial charge in [0.05, 0.1) is 18.8 Å². The predicted octanol–water partition coefficient (Wildman–Crippen LogP) is 2.62. The van der Waals surface area contributed by atoms with Crippen LogP contribution in [0.3, 0.4) is 0 Å². The number of nitrogens with one attached hydrogen (secondary N) is 2. The van der Waals surface area contributed by atoms with Gasteiger partial charge in [-0.05, 0) is 12.1 Å². The molecule has 6 heteroatoms. The van der Waals surface area contributed by atoms with Crippen LogP contribution in [0.1, 0.15) is 27.7 Å². The number of carbonyl (C=O) groups excluding carboxylic acids is 1. The number of nitrogens with zero attached hydrogens (tertiary/aromatic N) is 1. The lowest BCUT2D eigenvalue weighted by atomic mass is 9.96. The average Bonchev–Trinajstić information content (AvgIpc) is 3.17. The largest absolute Gasteiger partial charge is 0.508 e. The van der Waals surface area contributed by atoms with Crippen LogP contribution in [0.2, 0.25) is 0 Å². The van der Waals surface area contributed by atoms with E-state index in [0.29, 0.717) is 11.4 Å². The van der Waals surface area contributed by atoms with Crippen LogP contribution in [0.4, 0.5) is 0 Å². The molecule has 0 fully saturated rings. The SMILES string of the molecule is COc1cc(O)ccc1C1NC(=O)c2[nH]nc(-c3ccccc3)c21. The van der Waals surface area contributed by atoms with Gasteiger partial charge < -0.3 is 15.2 Å². The summed E-state index contributed by atoms with van der Waals surface area (Å²) < 4.78 is 5.37. The molecule has 0 saturated heterocycles. The van der Waals surface area contributed by atoms with E-state index < -0.39 is 6.04 Å². The van der Waals surface area contributed by atoms with Gasteiger partial charge in [0, 0.05) is 22.8 Å². The monoisotopic (exact) mass is 321 g/mol. The van der Waals surface area contributed by atoms with Gasteiger partial charge in [0.15, 0.2) is 0 Å². The molecule has 1 aliphatic rings. The molecule has 24 heavy (non-hydrogen) atoms. The van der Waals surface area contributed by atoms with E-state index in [1.54, 1.807) is 12.1 Å². The van der Waals surface area contributed by atoms with Crippen molar-refractivity contribution in [1.29, 1.82) is 0 Å². The molecule has 0 aliphatic carbocycles. The van der Waals surface area contributed by atoms with Gasteiger partial charge in [-0.15, -0.1) is 0 Å². The van der Waals surface area contributed by atoms with Crippen LogP contribution >= 0.6 is 0 Å². The van der Waals surface area contributed by atoms with E-state index in [1.807, 2.05) is 30.3 Å². The molecule has 1 atom stereocenters. The highest BCUT2D eigenvalue weighted by Crippen LogP contribution is 2.40. The number of fused-ring (bicyclic) bond motifs is 1. The number of phenols is 1. The lowest BCUT2D eigenvalue weighted by molar-refractivity contribution is 0.0955. The highest BCUT2D eigenvalue weighted by atomic mass is 16.5. The van der Waals surface area contributed by atoms with Crippen molar-refractivity contribution in [3.63, 3.8) is 0 Å². The Kier molecular flexibility index (Phi) is 3.23. The van der Waals surface area contributed by atoms with Crippen molar-refractivity contribution in [2.45, 2.75) is 6.04 Å². The number of methoxy groups -OCH3 is 1. The maximum absolute atomic E-state index is 12.3. The van der Waals surface area contributed by atoms with E-state index in [2.05, 4.69) is 15.5 Å². The van der Waals surface area contributed by atoms with Crippen LogP contribution in [-0.4, -0.2) is 28.3 Å². The summed E-state index contributed by atoms with van der Waals surface area (Å²) in [7, 11) is 1.53. The Morgan fingerprint density at radius 3 is 2.71 bits per heavy atom. The number of phenolic OH excluding ortho intramolecular Hbond substituents is 1. The molecular formula is C18H15N3O3. The van der Waals surface area contributed by atoms with Gasteiger partial charge in [-0.1, -0.05) is 30.3 Å². The summed E-state index contributed by atoms with van der Waals surface area (Å²) in [5.41, 5.74) is 3.66. The molecule has 2 aromatic carbocycles. The molecule has 2 heterocycles. The Morgan fingerprint density at radius 1 is 1.17 bits per heavy atom. The molecule has 0 spiro atoms. The first-order valence-electron chi connectivity index (χ1n) is 7.50. The second-order valence-corrected chi connectivity index (χ2v) is 5.56. The van der Waals surface area contributed by atoms with Crippen LogP contribution in [0.15, 0.2) is 48.5 Å². The zero-order chi connectivity index (χ0) is 16.7. The third-order valence-corrected chi connectivity index (χ3v) is 4.17. The van der Waals surface area contributed by atoms with E-state index in [0.717, 1.165) is 22.4 Å². The van der Waals surface area contributed by atoms with Crippen molar-refractivity contribution in [2.24, 2.45) is 0 Å². The number of H-pyrrole nitrogens is 1. The Hall–Kier alpha value is -3.28. The van der Waals surface area contributed by atoms with Crippen molar-refractivity contribution in [3.8, 4) is 22.8 Å². The molecule has 1 unspecified atom stereocenters. The Labute approximate surface area is 138 Å². The molecule has 1 aliphatic heterocycles. The number of ether oxygens (including phenoxy) is 1. The number of aromatic hydroxyl groups is 1. The second kappa shape index (κ2) is 5.42. The van der Waals surface area contributed by atoms with E-state index in [1.165, 1.54) is 13.2 Å². The van der Waals surface area contributed by atoms with Gasteiger partial charge in [-0.3, -0.25) is 9.89 Å². The van der Waals surface area contributed by atoms with Crippen molar-refractivity contribution in [1.82, 2.24) is 15.5 Å². The van der Waals surface area contributed by atoms with Gasteiger partial charge in [-0.25, -0.2) is 0 Å². The molecule has 4 rings (SSSR count). The smallest absolute Gasteiger partial charge is 0.270 e. The number of hydrogen-bond acceptors (Lipinski definition) is 4. The van der Waals surface area contributed by atoms with Gasteiger partial charge in [0.25, 0.3) is 5.91 Å². The standard InChI is InChI=1S/C18H15N3O3/c1-24-13-9-11(22)7-8-12(13)16-14-15(10-5-3-2-4-6-10)20-21-17(14)18(23)19-16/h2-9,16,22H,1H3,(H,19,23)(H,20,21). The van der Waals surface area contributed by atoms with Gasteiger partial charge in [0.2, 0.25) is 0 Å². The van der Waals surface area contributed by atoms with E-state index in [-0.39, 0.29) is 11.7 Å². The number of carbonyl (C=O) groups is 1. The Morgan fingerprint density at radius 2 is 1.96 bits per heavy atom. The molecule has 6 nitrogen and oxygen atoms in total. The molecule has 0 radical (unpaired) electrons.